The fourth-order valence-electron chi connectivity index (χ4n) is 2.24. The Kier molecular flexibility index (Phi) is 6.68. The SMILES string of the molecule is CCCCC(OC(=O)ON1C(=O)CCC1=O)OC(=O)ON1C(=O)CCC1=O. The van der Waals surface area contributed by atoms with E-state index in [9.17, 15) is 28.8 Å². The smallest absolute Gasteiger partial charge is 0.392 e. The van der Waals surface area contributed by atoms with Crippen LogP contribution in [0, 0.1) is 0 Å². The highest BCUT2D eigenvalue weighted by Gasteiger charge is 2.36. The lowest BCUT2D eigenvalue weighted by Gasteiger charge is -2.20. The predicted octanol–water partition coefficient (Wildman–Crippen LogP) is 0.937. The number of amides is 4. The molecular weight excluding hydrogens is 368 g/mol. The Bertz CT molecular complexity index is 577. The van der Waals surface area contributed by atoms with Gasteiger partial charge in [-0.2, -0.15) is 0 Å². The van der Waals surface area contributed by atoms with Gasteiger partial charge in [0.05, 0.1) is 0 Å². The first-order valence-electron chi connectivity index (χ1n) is 8.30. The maximum atomic E-state index is 11.8. The maximum Gasteiger partial charge on any atom is 0.537 e. The lowest BCUT2D eigenvalue weighted by Crippen LogP contribution is -2.36. The molecule has 0 aromatic heterocycles. The number of hydrogen-bond donors (Lipinski definition) is 0. The molecule has 2 aliphatic rings. The van der Waals surface area contributed by atoms with Gasteiger partial charge >= 0.3 is 12.3 Å². The van der Waals surface area contributed by atoms with E-state index < -0.39 is 42.2 Å². The molecule has 12 heteroatoms. The van der Waals surface area contributed by atoms with Crippen LogP contribution in [0.25, 0.3) is 0 Å². The van der Waals surface area contributed by atoms with E-state index in [0.29, 0.717) is 12.8 Å². The molecule has 2 heterocycles. The van der Waals surface area contributed by atoms with Gasteiger partial charge in [-0.15, -0.1) is 0 Å². The highest BCUT2D eigenvalue weighted by Crippen LogP contribution is 2.16. The molecule has 0 aromatic rings. The van der Waals surface area contributed by atoms with Gasteiger partial charge in [0.2, 0.25) is 0 Å². The molecule has 12 nitrogen and oxygen atoms in total. The molecular formula is C15H18N2O10. The van der Waals surface area contributed by atoms with E-state index in [1.807, 2.05) is 6.92 Å². The summed E-state index contributed by atoms with van der Waals surface area (Å²) in [4.78, 5) is 78.2. The molecule has 2 fully saturated rings. The zero-order chi connectivity index (χ0) is 20.0. The van der Waals surface area contributed by atoms with Gasteiger partial charge in [-0.3, -0.25) is 28.9 Å². The summed E-state index contributed by atoms with van der Waals surface area (Å²) < 4.78 is 9.56. The first-order valence-corrected chi connectivity index (χ1v) is 8.30. The highest BCUT2D eigenvalue weighted by molar-refractivity contribution is 6.02. The van der Waals surface area contributed by atoms with Crippen LogP contribution < -0.4 is 0 Å². The lowest BCUT2D eigenvalue weighted by molar-refractivity contribution is -0.195. The number of carbonyl (C=O) groups excluding carboxylic acids is 6. The first-order chi connectivity index (χ1) is 12.8. The van der Waals surface area contributed by atoms with Gasteiger partial charge in [-0.1, -0.05) is 23.5 Å². The van der Waals surface area contributed by atoms with E-state index in [2.05, 4.69) is 9.68 Å². The van der Waals surface area contributed by atoms with E-state index in [4.69, 9.17) is 9.47 Å². The first kappa shape index (κ1) is 20.1. The molecule has 2 saturated heterocycles. The van der Waals surface area contributed by atoms with Gasteiger partial charge in [0.15, 0.2) is 0 Å². The van der Waals surface area contributed by atoms with Gasteiger partial charge in [0.25, 0.3) is 29.9 Å². The Morgan fingerprint density at radius 1 is 0.815 bits per heavy atom. The molecule has 0 saturated carbocycles. The summed E-state index contributed by atoms with van der Waals surface area (Å²) in [6.45, 7) is 1.83. The molecule has 148 valence electrons. The average Bonchev–Trinajstić information content (AvgIpc) is 3.09. The number of ether oxygens (including phenoxy) is 2. The maximum absolute atomic E-state index is 11.8. The molecule has 2 aliphatic heterocycles. The van der Waals surface area contributed by atoms with Crippen LogP contribution in [-0.4, -0.2) is 52.4 Å². The van der Waals surface area contributed by atoms with Gasteiger partial charge in [-0.25, -0.2) is 9.59 Å². The number of carbonyl (C=O) groups is 6. The molecule has 0 bridgehead atoms. The minimum absolute atomic E-state index is 0.0600. The van der Waals surface area contributed by atoms with Crippen molar-refractivity contribution < 1.29 is 47.9 Å². The molecule has 0 radical (unpaired) electrons. The molecule has 27 heavy (non-hydrogen) atoms. The second-order valence-corrected chi connectivity index (χ2v) is 5.65. The van der Waals surface area contributed by atoms with Crippen molar-refractivity contribution in [2.75, 3.05) is 0 Å². The summed E-state index contributed by atoms with van der Waals surface area (Å²) in [6.07, 6.45) is -3.48. The Hall–Kier alpha value is -3.18. The van der Waals surface area contributed by atoms with Crippen molar-refractivity contribution in [2.24, 2.45) is 0 Å². The summed E-state index contributed by atoms with van der Waals surface area (Å²) in [7, 11) is 0. The van der Waals surface area contributed by atoms with E-state index >= 15 is 0 Å². The second-order valence-electron chi connectivity index (χ2n) is 5.65. The quantitative estimate of drug-likeness (QED) is 0.352. The van der Waals surface area contributed by atoms with Crippen LogP contribution in [0.15, 0.2) is 0 Å². The zero-order valence-electron chi connectivity index (χ0n) is 14.5. The second kappa shape index (κ2) is 8.96. The van der Waals surface area contributed by atoms with E-state index in [0.717, 1.165) is 0 Å². The van der Waals surface area contributed by atoms with Crippen molar-refractivity contribution in [3.8, 4) is 0 Å². The van der Waals surface area contributed by atoms with Crippen LogP contribution in [0.5, 0.6) is 0 Å². The third kappa shape index (κ3) is 5.39. The van der Waals surface area contributed by atoms with Crippen molar-refractivity contribution in [1.82, 2.24) is 10.1 Å². The van der Waals surface area contributed by atoms with Crippen molar-refractivity contribution in [2.45, 2.75) is 58.2 Å². The third-order valence-electron chi connectivity index (χ3n) is 3.59. The molecule has 2 rings (SSSR count). The van der Waals surface area contributed by atoms with Crippen molar-refractivity contribution in [3.63, 3.8) is 0 Å². The topological polar surface area (TPSA) is 146 Å². The van der Waals surface area contributed by atoms with Crippen LogP contribution in [0.1, 0.15) is 51.9 Å². The molecule has 4 amide bonds. The number of hydrogen-bond acceptors (Lipinski definition) is 10. The fourth-order valence-corrected chi connectivity index (χ4v) is 2.24. The summed E-state index contributed by atoms with van der Waals surface area (Å²) in [5, 5.41) is 0.554. The normalized spacial score (nSPS) is 17.0. The number of hydroxylamine groups is 4. The van der Waals surface area contributed by atoms with Crippen LogP contribution in [0.2, 0.25) is 0 Å². The standard InChI is InChI=1S/C15H18N2O10/c1-2-3-4-13(24-14(22)26-16-9(18)5-6-10(16)19)25-15(23)27-17-11(20)7-8-12(17)21/h13H,2-8H2,1H3. The van der Waals surface area contributed by atoms with E-state index in [-0.39, 0.29) is 42.2 Å². The summed E-state index contributed by atoms with van der Waals surface area (Å²) >= 11 is 0. The van der Waals surface area contributed by atoms with Gasteiger partial charge < -0.3 is 9.47 Å². The largest absolute Gasteiger partial charge is 0.537 e. The molecule has 0 N–H and O–H groups in total. The minimum Gasteiger partial charge on any atom is -0.392 e. The highest BCUT2D eigenvalue weighted by atomic mass is 16.9. The molecule has 0 unspecified atom stereocenters. The van der Waals surface area contributed by atoms with Gasteiger partial charge in [-0.05, 0) is 6.42 Å². The average molecular weight is 386 g/mol. The third-order valence-corrected chi connectivity index (χ3v) is 3.59. The molecule has 0 aromatic carbocycles. The number of rotatable bonds is 7. The van der Waals surface area contributed by atoms with Gasteiger partial charge in [0.1, 0.15) is 0 Å². The van der Waals surface area contributed by atoms with Gasteiger partial charge in [0, 0.05) is 32.1 Å². The predicted molar refractivity (Wildman–Crippen MR) is 80.6 cm³/mol. The number of unbranched alkanes of at least 4 members (excludes halogenated alkanes) is 1. The van der Waals surface area contributed by atoms with Crippen LogP contribution in [-0.2, 0) is 38.3 Å². The Labute approximate surface area is 153 Å². The Morgan fingerprint density at radius 2 is 1.19 bits per heavy atom. The molecule has 0 spiro atoms. The van der Waals surface area contributed by atoms with Crippen molar-refractivity contribution >= 4 is 35.9 Å². The number of nitrogens with zero attached hydrogens (tertiary/aromatic N) is 2. The van der Waals surface area contributed by atoms with Crippen LogP contribution in [0.4, 0.5) is 9.59 Å². The van der Waals surface area contributed by atoms with Crippen molar-refractivity contribution in [3.05, 3.63) is 0 Å². The van der Waals surface area contributed by atoms with E-state index in [1.54, 1.807) is 0 Å². The zero-order valence-corrected chi connectivity index (χ0v) is 14.5. The minimum atomic E-state index is -1.47. The Balaban J connectivity index is 1.89. The monoisotopic (exact) mass is 386 g/mol. The van der Waals surface area contributed by atoms with Crippen molar-refractivity contribution in [1.29, 1.82) is 0 Å². The molecule has 0 aliphatic carbocycles. The van der Waals surface area contributed by atoms with Crippen LogP contribution in [0.3, 0.4) is 0 Å². The number of imide groups is 2. The summed E-state index contributed by atoms with van der Waals surface area (Å²) in [5.74, 6) is -2.80. The van der Waals surface area contributed by atoms with E-state index in [1.165, 1.54) is 0 Å². The fraction of sp³-hybridized carbons (Fsp3) is 0.600. The molecule has 0 atom stereocenters. The lowest BCUT2D eigenvalue weighted by atomic mass is 10.2. The Morgan fingerprint density at radius 3 is 1.52 bits per heavy atom. The van der Waals surface area contributed by atoms with Crippen LogP contribution >= 0.6 is 0 Å². The summed E-state index contributed by atoms with van der Waals surface area (Å²) in [6, 6.07) is 0. The summed E-state index contributed by atoms with van der Waals surface area (Å²) in [5.41, 5.74) is 0.